The van der Waals surface area contributed by atoms with Crippen LogP contribution in [0, 0.1) is 0 Å². The van der Waals surface area contributed by atoms with Crippen LogP contribution < -0.4 is 16.0 Å². The van der Waals surface area contributed by atoms with Crippen molar-refractivity contribution >= 4 is 57.8 Å². The molecule has 4 heterocycles. The number of hydrogen-bond acceptors (Lipinski definition) is 9. The number of carbonyl (C=O) groups excluding carboxylic acids is 3. The number of pyridine rings is 1. The molecule has 3 aromatic rings. The van der Waals surface area contributed by atoms with Gasteiger partial charge in [0.2, 0.25) is 0 Å². The summed E-state index contributed by atoms with van der Waals surface area (Å²) in [6.07, 6.45) is 1.83. The van der Waals surface area contributed by atoms with Gasteiger partial charge in [0.1, 0.15) is 11.3 Å². The molecule has 0 bridgehead atoms. The molecular formula is C28H36N6O5S2. The van der Waals surface area contributed by atoms with Crippen LogP contribution in [0.25, 0.3) is 0 Å². The summed E-state index contributed by atoms with van der Waals surface area (Å²) < 4.78 is 10.7. The van der Waals surface area contributed by atoms with Gasteiger partial charge < -0.3 is 25.0 Å². The van der Waals surface area contributed by atoms with Crippen molar-refractivity contribution in [1.82, 2.24) is 14.8 Å². The molecule has 4 rings (SSSR count). The second-order valence-corrected chi connectivity index (χ2v) is 12.0. The molecular weight excluding hydrogens is 564 g/mol. The summed E-state index contributed by atoms with van der Waals surface area (Å²) in [5.74, 6) is -0.417. The van der Waals surface area contributed by atoms with Crippen molar-refractivity contribution in [1.29, 1.82) is 0 Å². The van der Waals surface area contributed by atoms with Gasteiger partial charge >= 0.3 is 12.1 Å². The lowest BCUT2D eigenvalue weighted by atomic mass is 10.2. The lowest BCUT2D eigenvalue weighted by Gasteiger charge is -2.28. The molecule has 220 valence electrons. The number of rotatable bonds is 10. The Balaban J connectivity index is 1.35. The van der Waals surface area contributed by atoms with Gasteiger partial charge in [-0.05, 0) is 50.3 Å². The van der Waals surface area contributed by atoms with Gasteiger partial charge in [0, 0.05) is 55.1 Å². The van der Waals surface area contributed by atoms with Gasteiger partial charge in [0.25, 0.3) is 5.91 Å². The fourth-order valence-electron chi connectivity index (χ4n) is 4.06. The summed E-state index contributed by atoms with van der Waals surface area (Å²) in [4.78, 5) is 46.6. The fraction of sp³-hybridized carbons (Fsp3) is 0.429. The van der Waals surface area contributed by atoms with E-state index in [-0.39, 0.29) is 11.7 Å². The molecule has 3 aromatic heterocycles. The molecule has 0 saturated carbocycles. The molecule has 41 heavy (non-hydrogen) atoms. The zero-order valence-corrected chi connectivity index (χ0v) is 25.1. The molecule has 4 amide bonds. The molecule has 0 radical (unpaired) electrons. The van der Waals surface area contributed by atoms with Crippen LogP contribution in [-0.4, -0.2) is 77.8 Å². The number of anilines is 3. The van der Waals surface area contributed by atoms with E-state index in [0.717, 1.165) is 50.5 Å². The highest BCUT2D eigenvalue weighted by atomic mass is 32.1. The Kier molecular flexibility index (Phi) is 10.7. The van der Waals surface area contributed by atoms with Crippen LogP contribution in [0.15, 0.2) is 45.9 Å². The smallest absolute Gasteiger partial charge is 0.412 e. The maximum atomic E-state index is 13.1. The quantitative estimate of drug-likeness (QED) is 0.278. The predicted octanol–water partition coefficient (Wildman–Crippen LogP) is 5.56. The molecule has 11 nitrogen and oxygen atoms in total. The number of amides is 4. The van der Waals surface area contributed by atoms with Gasteiger partial charge in [-0.3, -0.25) is 20.0 Å². The van der Waals surface area contributed by atoms with Crippen LogP contribution >= 0.6 is 22.7 Å². The molecule has 1 aliphatic rings. The number of nitrogens with zero attached hydrogens (tertiary/aromatic N) is 3. The Morgan fingerprint density at radius 1 is 1.02 bits per heavy atom. The average Bonchev–Trinajstić information content (AvgIpc) is 3.60. The fourth-order valence-corrected chi connectivity index (χ4v) is 5.36. The van der Waals surface area contributed by atoms with E-state index in [1.165, 1.54) is 22.7 Å². The normalized spacial score (nSPS) is 13.8. The number of morpholine rings is 1. The van der Waals surface area contributed by atoms with Gasteiger partial charge in [-0.15, -0.1) is 11.3 Å². The first-order chi connectivity index (χ1) is 19.7. The van der Waals surface area contributed by atoms with Gasteiger partial charge in [-0.1, -0.05) is 6.07 Å². The summed E-state index contributed by atoms with van der Waals surface area (Å²) in [5.41, 5.74) is 2.03. The monoisotopic (exact) mass is 600 g/mol. The molecule has 0 spiro atoms. The van der Waals surface area contributed by atoms with Gasteiger partial charge in [-0.2, -0.15) is 11.3 Å². The largest absolute Gasteiger partial charge is 0.444 e. The van der Waals surface area contributed by atoms with Gasteiger partial charge in [-0.25, -0.2) is 9.59 Å². The highest BCUT2D eigenvalue weighted by molar-refractivity contribution is 7.09. The standard InChI is InChI=1S/C28H36N6O5S2/c1-28(2,3)39-27(37)32-24-19-41-18-23(24)31-25(35)22-6-5-20(15-29-22)16-34(26(36)30-21-7-14-40-17-21)9-4-8-33-10-12-38-13-11-33/h5-7,14-15,17-19H,4,8-13,16H2,1-3H3,(H,30,36)(H,31,35)(H,32,37). The van der Waals surface area contributed by atoms with E-state index in [1.54, 1.807) is 54.8 Å². The SMILES string of the molecule is CC(C)(C)OC(=O)Nc1cscc1NC(=O)c1ccc(CN(CCCN2CCOCC2)C(=O)Nc2ccsc2)cn1. The third kappa shape index (κ3) is 9.81. The number of aromatic nitrogens is 1. The van der Waals surface area contributed by atoms with E-state index in [0.29, 0.717) is 24.5 Å². The predicted molar refractivity (Wildman–Crippen MR) is 162 cm³/mol. The Morgan fingerprint density at radius 2 is 1.78 bits per heavy atom. The minimum absolute atomic E-state index is 0.185. The van der Waals surface area contributed by atoms with Crippen molar-refractivity contribution in [2.24, 2.45) is 0 Å². The second-order valence-electron chi connectivity index (χ2n) is 10.5. The van der Waals surface area contributed by atoms with Crippen LogP contribution in [0.2, 0.25) is 0 Å². The minimum atomic E-state index is -0.641. The topological polar surface area (TPSA) is 125 Å². The van der Waals surface area contributed by atoms with Crippen LogP contribution in [0.1, 0.15) is 43.2 Å². The second kappa shape index (κ2) is 14.4. The third-order valence-electron chi connectivity index (χ3n) is 6.04. The summed E-state index contributed by atoms with van der Waals surface area (Å²) in [7, 11) is 0. The number of hydrogen-bond donors (Lipinski definition) is 3. The van der Waals surface area contributed by atoms with E-state index in [1.807, 2.05) is 16.8 Å². The lowest BCUT2D eigenvalue weighted by molar-refractivity contribution is 0.0365. The van der Waals surface area contributed by atoms with Crippen molar-refractivity contribution in [3.63, 3.8) is 0 Å². The van der Waals surface area contributed by atoms with E-state index < -0.39 is 17.6 Å². The Morgan fingerprint density at radius 3 is 2.44 bits per heavy atom. The van der Waals surface area contributed by atoms with Crippen molar-refractivity contribution in [3.8, 4) is 0 Å². The molecule has 3 N–H and O–H groups in total. The summed E-state index contributed by atoms with van der Waals surface area (Å²) >= 11 is 2.85. The van der Waals surface area contributed by atoms with E-state index in [9.17, 15) is 14.4 Å². The average molecular weight is 601 g/mol. The first-order valence-electron chi connectivity index (χ1n) is 13.4. The zero-order chi connectivity index (χ0) is 29.2. The molecule has 1 aliphatic heterocycles. The maximum Gasteiger partial charge on any atom is 0.412 e. The first-order valence-corrected chi connectivity index (χ1v) is 15.3. The lowest BCUT2D eigenvalue weighted by Crippen LogP contribution is -2.40. The minimum Gasteiger partial charge on any atom is -0.444 e. The molecule has 0 aliphatic carbocycles. The van der Waals surface area contributed by atoms with Crippen molar-refractivity contribution in [3.05, 3.63) is 57.2 Å². The molecule has 0 aromatic carbocycles. The zero-order valence-electron chi connectivity index (χ0n) is 23.5. The molecule has 13 heteroatoms. The van der Waals surface area contributed by atoms with Gasteiger partial charge in [0.15, 0.2) is 0 Å². The summed E-state index contributed by atoms with van der Waals surface area (Å²) in [6.45, 7) is 10.4. The Hall–Kier alpha value is -3.52. The van der Waals surface area contributed by atoms with E-state index >= 15 is 0 Å². The van der Waals surface area contributed by atoms with Crippen molar-refractivity contribution in [2.75, 3.05) is 55.3 Å². The number of carbonyl (C=O) groups is 3. The Labute approximate surface area is 247 Å². The number of urea groups is 1. The van der Waals surface area contributed by atoms with Crippen molar-refractivity contribution in [2.45, 2.75) is 39.3 Å². The Bertz CT molecular complexity index is 1280. The van der Waals surface area contributed by atoms with E-state index in [2.05, 4.69) is 25.8 Å². The van der Waals surface area contributed by atoms with Crippen LogP contribution in [0.3, 0.4) is 0 Å². The van der Waals surface area contributed by atoms with Crippen LogP contribution in [0.4, 0.5) is 26.7 Å². The van der Waals surface area contributed by atoms with Gasteiger partial charge in [0.05, 0.1) is 30.3 Å². The summed E-state index contributed by atoms with van der Waals surface area (Å²) in [6, 6.07) is 5.10. The van der Waals surface area contributed by atoms with Crippen LogP contribution in [0.5, 0.6) is 0 Å². The highest BCUT2D eigenvalue weighted by Gasteiger charge is 2.20. The molecule has 1 saturated heterocycles. The number of thiophene rings is 2. The molecule has 1 fully saturated rings. The van der Waals surface area contributed by atoms with Crippen LogP contribution in [-0.2, 0) is 16.0 Å². The molecule has 0 atom stereocenters. The van der Waals surface area contributed by atoms with E-state index in [4.69, 9.17) is 9.47 Å². The van der Waals surface area contributed by atoms with Crippen molar-refractivity contribution < 1.29 is 23.9 Å². The summed E-state index contributed by atoms with van der Waals surface area (Å²) in [5, 5.41) is 15.6. The maximum absolute atomic E-state index is 13.1. The first kappa shape index (κ1) is 30.4. The third-order valence-corrected chi connectivity index (χ3v) is 7.47. The number of ether oxygens (including phenoxy) is 2. The number of nitrogens with one attached hydrogen (secondary N) is 3. The molecule has 0 unspecified atom stereocenters. The highest BCUT2D eigenvalue weighted by Crippen LogP contribution is 2.27.